The van der Waals surface area contributed by atoms with Crippen molar-refractivity contribution < 1.29 is 9.13 Å². The Balaban J connectivity index is 1.73. The van der Waals surface area contributed by atoms with Crippen LogP contribution in [0, 0.1) is 12.7 Å². The molecule has 0 aromatic heterocycles. The van der Waals surface area contributed by atoms with Gasteiger partial charge in [0.15, 0.2) is 0 Å². The minimum atomic E-state index is -0.235. The smallest absolute Gasteiger partial charge is 0.123 e. The topological polar surface area (TPSA) is 9.23 Å². The molecule has 1 unspecified atom stereocenters. The van der Waals surface area contributed by atoms with Crippen molar-refractivity contribution in [1.82, 2.24) is 0 Å². The summed E-state index contributed by atoms with van der Waals surface area (Å²) in [4.78, 5) is 0. The summed E-state index contributed by atoms with van der Waals surface area (Å²) >= 11 is 0. The van der Waals surface area contributed by atoms with Gasteiger partial charge in [-0.05, 0) is 47.9 Å². The maximum absolute atomic E-state index is 13.0. The van der Waals surface area contributed by atoms with Crippen LogP contribution in [-0.4, -0.2) is 0 Å². The quantitative estimate of drug-likeness (QED) is 0.615. The third-order valence-electron chi connectivity index (χ3n) is 3.78. The normalized spacial score (nSPS) is 11.9. The van der Waals surface area contributed by atoms with Crippen molar-refractivity contribution in [1.29, 1.82) is 0 Å². The highest BCUT2D eigenvalue weighted by Gasteiger charge is 2.09. The number of hydrogen-bond acceptors (Lipinski definition) is 1. The van der Waals surface area contributed by atoms with Gasteiger partial charge in [-0.3, -0.25) is 0 Å². The first-order valence-electron chi connectivity index (χ1n) is 7.57. The predicted octanol–water partition coefficient (Wildman–Crippen LogP) is 5.37. The second-order valence-corrected chi connectivity index (χ2v) is 5.45. The van der Waals surface area contributed by atoms with Crippen LogP contribution in [0.4, 0.5) is 4.39 Å². The van der Waals surface area contributed by atoms with Crippen LogP contribution in [0.2, 0.25) is 0 Å². The van der Waals surface area contributed by atoms with E-state index in [0.29, 0.717) is 6.61 Å². The minimum absolute atomic E-state index is 0.0594. The van der Waals surface area contributed by atoms with Gasteiger partial charge in [0.05, 0.1) is 0 Å². The van der Waals surface area contributed by atoms with Crippen molar-refractivity contribution in [2.45, 2.75) is 12.5 Å². The zero-order chi connectivity index (χ0) is 16.1. The Morgan fingerprint density at radius 2 is 1.57 bits per heavy atom. The summed E-state index contributed by atoms with van der Waals surface area (Å²) in [6.07, 6.45) is 0. The Morgan fingerprint density at radius 3 is 2.30 bits per heavy atom. The molecule has 0 amide bonds. The van der Waals surface area contributed by atoms with Crippen molar-refractivity contribution in [3.05, 3.63) is 108 Å². The first-order valence-corrected chi connectivity index (χ1v) is 7.57. The Kier molecular flexibility index (Phi) is 4.72. The van der Waals surface area contributed by atoms with E-state index in [4.69, 9.17) is 4.74 Å². The van der Waals surface area contributed by atoms with Crippen LogP contribution in [0.5, 0.6) is 5.75 Å². The van der Waals surface area contributed by atoms with E-state index in [1.165, 1.54) is 12.1 Å². The average molecular weight is 305 g/mol. The molecule has 0 aliphatic carbocycles. The molecule has 0 saturated heterocycles. The van der Waals surface area contributed by atoms with E-state index < -0.39 is 0 Å². The summed E-state index contributed by atoms with van der Waals surface area (Å²) in [7, 11) is 0. The Morgan fingerprint density at radius 1 is 0.826 bits per heavy atom. The molecule has 0 aliphatic rings. The Bertz CT molecular complexity index is 750. The molecular formula is C21H18FO. The van der Waals surface area contributed by atoms with Gasteiger partial charge in [-0.25, -0.2) is 4.39 Å². The van der Waals surface area contributed by atoms with Gasteiger partial charge in [0, 0.05) is 5.92 Å². The monoisotopic (exact) mass is 305 g/mol. The van der Waals surface area contributed by atoms with Crippen molar-refractivity contribution >= 4 is 0 Å². The largest absolute Gasteiger partial charge is 0.489 e. The summed E-state index contributed by atoms with van der Waals surface area (Å²) in [5.41, 5.74) is 3.15. The lowest BCUT2D eigenvalue weighted by Gasteiger charge is -2.14. The highest BCUT2D eigenvalue weighted by atomic mass is 19.1. The molecule has 0 fully saturated rings. The average Bonchev–Trinajstić information content (AvgIpc) is 2.61. The summed E-state index contributed by atoms with van der Waals surface area (Å²) in [6.45, 7) is 4.72. The number of hydrogen-bond donors (Lipinski definition) is 0. The van der Waals surface area contributed by atoms with Crippen LogP contribution in [0.1, 0.15) is 22.6 Å². The molecule has 0 spiro atoms. The molecule has 3 rings (SSSR count). The fourth-order valence-corrected chi connectivity index (χ4v) is 2.45. The first-order chi connectivity index (χ1) is 11.2. The number of rotatable bonds is 5. The van der Waals surface area contributed by atoms with Gasteiger partial charge in [0.25, 0.3) is 0 Å². The minimum Gasteiger partial charge on any atom is -0.489 e. The second-order valence-electron chi connectivity index (χ2n) is 5.45. The number of benzene rings is 3. The van der Waals surface area contributed by atoms with E-state index in [-0.39, 0.29) is 11.7 Å². The van der Waals surface area contributed by atoms with Gasteiger partial charge in [-0.2, -0.15) is 0 Å². The summed E-state index contributed by atoms with van der Waals surface area (Å²) in [5.74, 6) is 0.513. The maximum Gasteiger partial charge on any atom is 0.123 e. The molecular weight excluding hydrogens is 287 g/mol. The Hall–Kier alpha value is -2.61. The number of halogens is 1. The molecule has 1 radical (unpaired) electrons. The Labute approximate surface area is 136 Å². The van der Waals surface area contributed by atoms with E-state index in [9.17, 15) is 4.39 Å². The molecule has 3 aromatic rings. The summed E-state index contributed by atoms with van der Waals surface area (Å²) in [6, 6.07) is 24.4. The lowest BCUT2D eigenvalue weighted by atomic mass is 9.93. The highest BCUT2D eigenvalue weighted by Crippen LogP contribution is 2.27. The van der Waals surface area contributed by atoms with Gasteiger partial charge in [-0.15, -0.1) is 0 Å². The van der Waals surface area contributed by atoms with Crippen LogP contribution in [0.25, 0.3) is 0 Å². The second kappa shape index (κ2) is 7.10. The van der Waals surface area contributed by atoms with Gasteiger partial charge >= 0.3 is 0 Å². The van der Waals surface area contributed by atoms with Crippen molar-refractivity contribution in [3.8, 4) is 5.75 Å². The molecule has 0 aliphatic heterocycles. The van der Waals surface area contributed by atoms with Crippen LogP contribution in [-0.2, 0) is 6.61 Å². The van der Waals surface area contributed by atoms with Crippen molar-refractivity contribution in [2.75, 3.05) is 0 Å². The number of ether oxygens (including phenoxy) is 1. The molecule has 2 heteroatoms. The first kappa shape index (κ1) is 15.3. The zero-order valence-corrected chi connectivity index (χ0v) is 12.8. The third-order valence-corrected chi connectivity index (χ3v) is 3.78. The third kappa shape index (κ3) is 3.98. The van der Waals surface area contributed by atoms with Crippen molar-refractivity contribution in [2.24, 2.45) is 0 Å². The molecule has 1 nitrogen and oxygen atoms in total. The molecule has 0 bridgehead atoms. The van der Waals surface area contributed by atoms with Crippen molar-refractivity contribution in [3.63, 3.8) is 0 Å². The molecule has 23 heavy (non-hydrogen) atoms. The predicted molar refractivity (Wildman–Crippen MR) is 90.8 cm³/mol. The standard InChI is InChI=1S/C21H18FO/c1-16(18-10-12-20(22)13-11-18)19-8-5-9-21(14-19)23-15-17-6-3-2-4-7-17/h2-14,16H,1,15H2. The lowest BCUT2D eigenvalue weighted by Crippen LogP contribution is -1.99. The van der Waals surface area contributed by atoms with Gasteiger partial charge < -0.3 is 4.74 Å². The van der Waals surface area contributed by atoms with E-state index >= 15 is 0 Å². The van der Waals surface area contributed by atoms with Crippen LogP contribution >= 0.6 is 0 Å². The SMILES string of the molecule is [CH2]C(c1ccc(F)cc1)c1cccc(OCc2ccccc2)c1. The van der Waals surface area contributed by atoms with Crippen LogP contribution in [0.15, 0.2) is 78.9 Å². The summed E-state index contributed by atoms with van der Waals surface area (Å²) in [5, 5.41) is 0. The molecule has 115 valence electrons. The van der Waals surface area contributed by atoms with E-state index in [1.807, 2.05) is 54.6 Å². The van der Waals surface area contributed by atoms with Crippen LogP contribution < -0.4 is 4.74 Å². The maximum atomic E-state index is 13.0. The van der Waals surface area contributed by atoms with E-state index in [1.54, 1.807) is 12.1 Å². The highest BCUT2D eigenvalue weighted by molar-refractivity contribution is 5.38. The molecule has 1 atom stereocenters. The molecule has 3 aromatic carbocycles. The van der Waals surface area contributed by atoms with E-state index in [2.05, 4.69) is 6.92 Å². The van der Waals surface area contributed by atoms with Gasteiger partial charge in [-0.1, -0.05) is 54.6 Å². The molecule has 0 N–H and O–H groups in total. The van der Waals surface area contributed by atoms with Gasteiger partial charge in [0.2, 0.25) is 0 Å². The summed E-state index contributed by atoms with van der Waals surface area (Å²) < 4.78 is 18.9. The fraction of sp³-hybridized carbons (Fsp3) is 0.0952. The lowest BCUT2D eigenvalue weighted by molar-refractivity contribution is 0.306. The molecule has 0 saturated carbocycles. The van der Waals surface area contributed by atoms with Gasteiger partial charge in [0.1, 0.15) is 18.2 Å². The molecule has 0 heterocycles. The van der Waals surface area contributed by atoms with Crippen LogP contribution in [0.3, 0.4) is 0 Å². The van der Waals surface area contributed by atoms with E-state index in [0.717, 1.165) is 22.4 Å². The fourth-order valence-electron chi connectivity index (χ4n) is 2.45. The zero-order valence-electron chi connectivity index (χ0n) is 12.8.